The molecule has 0 spiro atoms. The van der Waals surface area contributed by atoms with Crippen molar-refractivity contribution in [3.05, 3.63) is 76.1 Å². The first-order chi connectivity index (χ1) is 14.4. The summed E-state index contributed by atoms with van der Waals surface area (Å²) in [6.45, 7) is 4.85. The molecule has 0 bridgehead atoms. The second-order valence-electron chi connectivity index (χ2n) is 6.88. The van der Waals surface area contributed by atoms with E-state index in [0.29, 0.717) is 30.3 Å². The minimum atomic E-state index is -0.518. The zero-order chi connectivity index (χ0) is 21.3. The normalized spacial score (nSPS) is 12.4. The summed E-state index contributed by atoms with van der Waals surface area (Å²) in [4.78, 5) is 25.1. The van der Waals surface area contributed by atoms with Crippen molar-refractivity contribution in [3.63, 3.8) is 0 Å². The van der Waals surface area contributed by atoms with Crippen LogP contribution in [-0.4, -0.2) is 29.6 Å². The van der Waals surface area contributed by atoms with Gasteiger partial charge >= 0.3 is 0 Å². The van der Waals surface area contributed by atoms with Gasteiger partial charge in [-0.2, -0.15) is 0 Å². The lowest BCUT2D eigenvalue weighted by Crippen LogP contribution is -2.41. The monoisotopic (exact) mass is 425 g/mol. The van der Waals surface area contributed by atoms with Crippen LogP contribution in [0, 0.1) is 13.8 Å². The summed E-state index contributed by atoms with van der Waals surface area (Å²) in [5.74, 6) is 0.0781. The molecule has 8 heteroatoms. The molecule has 0 atom stereocenters. The van der Waals surface area contributed by atoms with E-state index in [2.05, 4.69) is 10.9 Å². The lowest BCUT2D eigenvalue weighted by Gasteiger charge is -2.18. The van der Waals surface area contributed by atoms with E-state index in [-0.39, 0.29) is 10.6 Å². The molecule has 0 saturated carbocycles. The first kappa shape index (κ1) is 19.8. The van der Waals surface area contributed by atoms with Gasteiger partial charge in [-0.1, -0.05) is 11.6 Å². The summed E-state index contributed by atoms with van der Waals surface area (Å²) in [5.41, 5.74) is 8.29. The number of benzene rings is 2. The maximum atomic E-state index is 12.7. The molecule has 2 amide bonds. The highest BCUT2D eigenvalue weighted by Gasteiger charge is 2.17. The molecule has 4 rings (SSSR count). The highest BCUT2D eigenvalue weighted by molar-refractivity contribution is 6.34. The Bertz CT molecular complexity index is 1120. The zero-order valence-corrected chi connectivity index (χ0v) is 17.2. The minimum Gasteiger partial charge on any atom is -0.486 e. The molecule has 0 aliphatic carbocycles. The van der Waals surface area contributed by atoms with Crippen LogP contribution in [0.3, 0.4) is 0 Å². The SMILES string of the molecule is Cc1ccc(C)n1-c1ccc(Cl)c(C(=O)NNC(=O)c2ccc3c(c2)OCCO3)c1. The van der Waals surface area contributed by atoms with E-state index < -0.39 is 11.8 Å². The molecular formula is C22H20ClN3O4. The van der Waals surface area contributed by atoms with Crippen molar-refractivity contribution in [1.29, 1.82) is 0 Å². The topological polar surface area (TPSA) is 81.6 Å². The van der Waals surface area contributed by atoms with E-state index in [1.54, 1.807) is 30.3 Å². The molecule has 7 nitrogen and oxygen atoms in total. The largest absolute Gasteiger partial charge is 0.486 e. The van der Waals surface area contributed by atoms with Crippen LogP contribution in [0.1, 0.15) is 32.1 Å². The van der Waals surface area contributed by atoms with E-state index >= 15 is 0 Å². The van der Waals surface area contributed by atoms with Crippen LogP contribution in [0.25, 0.3) is 5.69 Å². The Morgan fingerprint density at radius 2 is 1.53 bits per heavy atom. The highest BCUT2D eigenvalue weighted by atomic mass is 35.5. The number of aromatic nitrogens is 1. The van der Waals surface area contributed by atoms with Gasteiger partial charge in [0, 0.05) is 22.6 Å². The van der Waals surface area contributed by atoms with E-state index in [1.165, 1.54) is 0 Å². The van der Waals surface area contributed by atoms with Gasteiger partial charge in [0.2, 0.25) is 0 Å². The van der Waals surface area contributed by atoms with Gasteiger partial charge in [0.05, 0.1) is 10.6 Å². The molecule has 1 aromatic heterocycles. The Balaban J connectivity index is 1.49. The van der Waals surface area contributed by atoms with Crippen LogP contribution in [0.2, 0.25) is 5.02 Å². The Kier molecular flexibility index (Phi) is 5.37. The maximum Gasteiger partial charge on any atom is 0.271 e. The fourth-order valence-electron chi connectivity index (χ4n) is 3.34. The van der Waals surface area contributed by atoms with Gasteiger partial charge in [0.1, 0.15) is 13.2 Å². The number of hydrogen-bond donors (Lipinski definition) is 2. The summed E-state index contributed by atoms with van der Waals surface area (Å²) < 4.78 is 12.9. The van der Waals surface area contributed by atoms with Crippen LogP contribution < -0.4 is 20.3 Å². The van der Waals surface area contributed by atoms with Crippen molar-refractivity contribution < 1.29 is 19.1 Å². The van der Waals surface area contributed by atoms with Gasteiger partial charge in [-0.3, -0.25) is 20.4 Å². The summed E-state index contributed by atoms with van der Waals surface area (Å²) in [6.07, 6.45) is 0. The molecule has 0 fully saturated rings. The van der Waals surface area contributed by atoms with Gasteiger partial charge in [0.15, 0.2) is 11.5 Å². The number of fused-ring (bicyclic) bond motifs is 1. The van der Waals surface area contributed by atoms with Gasteiger partial charge in [-0.15, -0.1) is 0 Å². The molecule has 0 radical (unpaired) electrons. The number of halogens is 1. The number of hydrazine groups is 1. The Morgan fingerprint density at radius 1 is 0.867 bits per heavy atom. The van der Waals surface area contributed by atoms with Crippen LogP contribution in [0.15, 0.2) is 48.5 Å². The van der Waals surface area contributed by atoms with Gasteiger partial charge in [0.25, 0.3) is 11.8 Å². The smallest absolute Gasteiger partial charge is 0.271 e. The lowest BCUT2D eigenvalue weighted by molar-refractivity contribution is 0.0846. The molecule has 30 heavy (non-hydrogen) atoms. The fraction of sp³-hybridized carbons (Fsp3) is 0.182. The van der Waals surface area contributed by atoms with Gasteiger partial charge < -0.3 is 14.0 Å². The number of hydrogen-bond acceptors (Lipinski definition) is 4. The van der Waals surface area contributed by atoms with E-state index in [4.69, 9.17) is 21.1 Å². The van der Waals surface area contributed by atoms with Crippen molar-refractivity contribution in [1.82, 2.24) is 15.4 Å². The zero-order valence-electron chi connectivity index (χ0n) is 16.5. The molecule has 2 aromatic carbocycles. The second-order valence-corrected chi connectivity index (χ2v) is 7.29. The molecule has 3 aromatic rings. The molecule has 2 heterocycles. The average Bonchev–Trinajstić information content (AvgIpc) is 3.10. The molecule has 2 N–H and O–H groups in total. The predicted octanol–water partition coefficient (Wildman–Crippen LogP) is 3.59. The number of nitrogens with zero attached hydrogens (tertiary/aromatic N) is 1. The average molecular weight is 426 g/mol. The third-order valence-corrected chi connectivity index (χ3v) is 5.15. The van der Waals surface area contributed by atoms with Crippen LogP contribution in [-0.2, 0) is 0 Å². The molecule has 154 valence electrons. The lowest BCUT2D eigenvalue weighted by atomic mass is 10.1. The Labute approximate surface area is 178 Å². The quantitative estimate of drug-likeness (QED) is 0.628. The number of rotatable bonds is 3. The van der Waals surface area contributed by atoms with Crippen molar-refractivity contribution in [3.8, 4) is 17.2 Å². The third-order valence-electron chi connectivity index (χ3n) is 4.82. The van der Waals surface area contributed by atoms with Crippen molar-refractivity contribution in [2.45, 2.75) is 13.8 Å². The third kappa shape index (κ3) is 3.84. The highest BCUT2D eigenvalue weighted by Crippen LogP contribution is 2.30. The molecular weight excluding hydrogens is 406 g/mol. The van der Waals surface area contributed by atoms with Gasteiger partial charge in [-0.05, 0) is 62.4 Å². The molecule has 0 unspecified atom stereocenters. The van der Waals surface area contributed by atoms with E-state index in [9.17, 15) is 9.59 Å². The van der Waals surface area contributed by atoms with Gasteiger partial charge in [-0.25, -0.2) is 0 Å². The Morgan fingerprint density at radius 3 is 2.27 bits per heavy atom. The molecule has 1 aliphatic rings. The standard InChI is InChI=1S/C22H20ClN3O4/c1-13-3-4-14(2)26(13)16-6-7-18(23)17(12-16)22(28)25-24-21(27)15-5-8-19-20(11-15)30-10-9-29-19/h3-8,11-12H,9-10H2,1-2H3,(H,24,27)(H,25,28). The molecule has 0 saturated heterocycles. The van der Waals surface area contributed by atoms with Crippen LogP contribution in [0.4, 0.5) is 0 Å². The van der Waals surface area contributed by atoms with Crippen LogP contribution >= 0.6 is 11.6 Å². The summed E-state index contributed by atoms with van der Waals surface area (Å²) >= 11 is 6.23. The fourth-order valence-corrected chi connectivity index (χ4v) is 3.54. The summed E-state index contributed by atoms with van der Waals surface area (Å²) in [7, 11) is 0. The van der Waals surface area contributed by atoms with Crippen molar-refractivity contribution in [2.75, 3.05) is 13.2 Å². The number of ether oxygens (including phenoxy) is 2. The number of carbonyl (C=O) groups is 2. The maximum absolute atomic E-state index is 12.7. The van der Waals surface area contributed by atoms with Crippen molar-refractivity contribution >= 4 is 23.4 Å². The molecule has 1 aliphatic heterocycles. The first-order valence-corrected chi connectivity index (χ1v) is 9.77. The van der Waals surface area contributed by atoms with E-state index in [0.717, 1.165) is 17.1 Å². The number of carbonyl (C=O) groups excluding carboxylic acids is 2. The minimum absolute atomic E-state index is 0.254. The predicted molar refractivity (Wildman–Crippen MR) is 113 cm³/mol. The summed E-state index contributed by atoms with van der Waals surface area (Å²) in [5, 5.41) is 0.285. The van der Waals surface area contributed by atoms with E-state index in [1.807, 2.05) is 36.6 Å². The second kappa shape index (κ2) is 8.12. The number of aryl methyl sites for hydroxylation is 2. The first-order valence-electron chi connectivity index (χ1n) is 9.39. The Hall–Kier alpha value is -3.45. The van der Waals surface area contributed by atoms with Crippen molar-refractivity contribution in [2.24, 2.45) is 0 Å². The van der Waals surface area contributed by atoms with Crippen LogP contribution in [0.5, 0.6) is 11.5 Å². The summed E-state index contributed by atoms with van der Waals surface area (Å²) in [6, 6.07) is 14.0. The number of nitrogens with one attached hydrogen (secondary N) is 2. The number of amides is 2.